The van der Waals surface area contributed by atoms with E-state index in [2.05, 4.69) is 4.99 Å². The van der Waals surface area contributed by atoms with Gasteiger partial charge in [0, 0.05) is 6.21 Å². The van der Waals surface area contributed by atoms with Gasteiger partial charge >= 0.3 is 0 Å². The van der Waals surface area contributed by atoms with Crippen molar-refractivity contribution in [3.63, 3.8) is 0 Å². The average molecular weight is 96.1 g/mol. The maximum atomic E-state index is 8.10. The third-order valence-corrected chi connectivity index (χ3v) is 0.697. The fraction of sp³-hybridized carbons (Fsp3) is 0.500. The zero-order valence-corrected chi connectivity index (χ0v) is 3.66. The van der Waals surface area contributed by atoms with E-state index in [0.29, 0.717) is 6.73 Å². The van der Waals surface area contributed by atoms with Gasteiger partial charge in [-0.2, -0.15) is 5.26 Å². The summed E-state index contributed by atoms with van der Waals surface area (Å²) >= 11 is 0. The molecule has 3 heteroatoms. The van der Waals surface area contributed by atoms with E-state index in [9.17, 15) is 0 Å². The molecular weight excluding hydrogens is 92.1 g/mol. The molecule has 36 valence electrons. The molecule has 0 aromatic heterocycles. The van der Waals surface area contributed by atoms with Crippen LogP contribution in [0.1, 0.15) is 0 Å². The van der Waals surface area contributed by atoms with Crippen LogP contribution in [0.15, 0.2) is 4.99 Å². The first-order chi connectivity index (χ1) is 3.43. The Kier molecular flexibility index (Phi) is 1.05. The van der Waals surface area contributed by atoms with Crippen LogP contribution in [0.3, 0.4) is 0 Å². The van der Waals surface area contributed by atoms with E-state index in [1.165, 1.54) is 6.21 Å². The van der Waals surface area contributed by atoms with Crippen molar-refractivity contribution in [1.29, 1.82) is 5.26 Å². The Hall–Kier alpha value is -0.880. The summed E-state index contributed by atoms with van der Waals surface area (Å²) in [5.41, 5.74) is 0. The standard InChI is InChI=1S/C4H4N2O/c5-1-4-2-6-3-7-4/h2,4H,3H2. The summed E-state index contributed by atoms with van der Waals surface area (Å²) in [5.74, 6) is 0. The van der Waals surface area contributed by atoms with Crippen molar-refractivity contribution in [3.8, 4) is 6.07 Å². The molecule has 0 N–H and O–H groups in total. The lowest BCUT2D eigenvalue weighted by Gasteiger charge is -1.88. The maximum absolute atomic E-state index is 8.10. The minimum Gasteiger partial charge on any atom is -0.336 e. The van der Waals surface area contributed by atoms with Crippen molar-refractivity contribution in [3.05, 3.63) is 0 Å². The predicted octanol–water partition coefficient (Wildman–Crippen LogP) is -0.0629. The molecule has 0 aliphatic carbocycles. The Bertz CT molecular complexity index is 124. The zero-order valence-electron chi connectivity index (χ0n) is 3.66. The van der Waals surface area contributed by atoms with Gasteiger partial charge in [0.25, 0.3) is 0 Å². The fourth-order valence-corrected chi connectivity index (χ4v) is 0.376. The normalized spacial score (nSPS) is 27.6. The number of ether oxygens (including phenoxy) is 1. The molecule has 3 nitrogen and oxygen atoms in total. The van der Waals surface area contributed by atoms with Crippen molar-refractivity contribution in [2.45, 2.75) is 6.10 Å². The second kappa shape index (κ2) is 1.71. The van der Waals surface area contributed by atoms with Gasteiger partial charge in [0.05, 0.1) is 0 Å². The smallest absolute Gasteiger partial charge is 0.181 e. The van der Waals surface area contributed by atoms with Crippen molar-refractivity contribution < 1.29 is 4.74 Å². The van der Waals surface area contributed by atoms with Gasteiger partial charge in [0.2, 0.25) is 0 Å². The van der Waals surface area contributed by atoms with E-state index in [1.54, 1.807) is 0 Å². The molecule has 1 rings (SSSR count). The molecule has 0 saturated carbocycles. The Balaban J connectivity index is 2.47. The molecule has 1 aliphatic heterocycles. The fourth-order valence-electron chi connectivity index (χ4n) is 0.376. The molecule has 0 saturated heterocycles. The highest BCUT2D eigenvalue weighted by Gasteiger charge is 2.06. The third-order valence-electron chi connectivity index (χ3n) is 0.697. The lowest BCUT2D eigenvalue weighted by atomic mass is 10.4. The summed E-state index contributed by atoms with van der Waals surface area (Å²) < 4.78 is 4.72. The molecule has 1 atom stereocenters. The molecule has 1 unspecified atom stereocenters. The van der Waals surface area contributed by atoms with Gasteiger partial charge in [-0.3, -0.25) is 4.99 Å². The first kappa shape index (κ1) is 4.28. The first-order valence-corrected chi connectivity index (χ1v) is 1.94. The molecule has 0 radical (unpaired) electrons. The Morgan fingerprint density at radius 3 is 3.14 bits per heavy atom. The van der Waals surface area contributed by atoms with Gasteiger partial charge < -0.3 is 4.74 Å². The number of hydrogen-bond donors (Lipinski definition) is 0. The van der Waals surface area contributed by atoms with Crippen LogP contribution in [-0.2, 0) is 4.74 Å². The van der Waals surface area contributed by atoms with E-state index in [1.807, 2.05) is 6.07 Å². The van der Waals surface area contributed by atoms with Crippen LogP contribution in [0.2, 0.25) is 0 Å². The van der Waals surface area contributed by atoms with Crippen molar-refractivity contribution >= 4 is 6.21 Å². The Labute approximate surface area is 41.2 Å². The van der Waals surface area contributed by atoms with Crippen LogP contribution < -0.4 is 0 Å². The number of nitrogens with zero attached hydrogens (tertiary/aromatic N) is 2. The number of aliphatic imine (C=N–C) groups is 1. The van der Waals surface area contributed by atoms with Crippen LogP contribution in [0, 0.1) is 11.3 Å². The monoisotopic (exact) mass is 96.0 g/mol. The lowest BCUT2D eigenvalue weighted by molar-refractivity contribution is 0.162. The predicted molar refractivity (Wildman–Crippen MR) is 23.8 cm³/mol. The van der Waals surface area contributed by atoms with Crippen LogP contribution >= 0.6 is 0 Å². The highest BCUT2D eigenvalue weighted by Crippen LogP contribution is 1.93. The minimum absolute atomic E-state index is 0.345. The third kappa shape index (κ3) is 0.756. The van der Waals surface area contributed by atoms with E-state index in [0.717, 1.165) is 0 Å². The molecule has 0 bridgehead atoms. The number of rotatable bonds is 0. The highest BCUT2D eigenvalue weighted by atomic mass is 16.5. The van der Waals surface area contributed by atoms with Crippen LogP contribution in [0.5, 0.6) is 0 Å². The lowest BCUT2D eigenvalue weighted by Crippen LogP contribution is -2.02. The number of nitriles is 1. The SMILES string of the molecule is N#CC1C=NCO1. The highest BCUT2D eigenvalue weighted by molar-refractivity contribution is 5.67. The largest absolute Gasteiger partial charge is 0.336 e. The average Bonchev–Trinajstić information content (AvgIpc) is 2.14. The Morgan fingerprint density at radius 2 is 2.86 bits per heavy atom. The molecule has 1 aliphatic rings. The topological polar surface area (TPSA) is 45.4 Å². The van der Waals surface area contributed by atoms with E-state index >= 15 is 0 Å². The second-order valence-corrected chi connectivity index (χ2v) is 1.18. The van der Waals surface area contributed by atoms with Crippen molar-refractivity contribution in [1.82, 2.24) is 0 Å². The second-order valence-electron chi connectivity index (χ2n) is 1.18. The summed E-state index contributed by atoms with van der Waals surface area (Å²) in [6.07, 6.45) is 1.11. The van der Waals surface area contributed by atoms with Crippen LogP contribution in [-0.4, -0.2) is 19.0 Å². The summed E-state index contributed by atoms with van der Waals surface area (Å²) in [7, 11) is 0. The van der Waals surface area contributed by atoms with Gasteiger partial charge in [0.1, 0.15) is 12.8 Å². The van der Waals surface area contributed by atoms with Crippen LogP contribution in [0.4, 0.5) is 0 Å². The van der Waals surface area contributed by atoms with Crippen molar-refractivity contribution in [2.24, 2.45) is 4.99 Å². The van der Waals surface area contributed by atoms with Gasteiger partial charge in [-0.25, -0.2) is 0 Å². The van der Waals surface area contributed by atoms with E-state index in [-0.39, 0.29) is 6.10 Å². The molecule has 0 aromatic rings. The molecule has 1 heterocycles. The molecule has 0 spiro atoms. The summed E-state index contributed by atoms with van der Waals surface area (Å²) in [5, 5.41) is 8.10. The minimum atomic E-state index is -0.389. The molecule has 0 fully saturated rings. The quantitative estimate of drug-likeness (QED) is 0.424. The van der Waals surface area contributed by atoms with Crippen molar-refractivity contribution in [2.75, 3.05) is 6.73 Å². The summed E-state index contributed by atoms with van der Waals surface area (Å²) in [6, 6.07) is 1.89. The number of hydrogen-bond acceptors (Lipinski definition) is 3. The van der Waals surface area contributed by atoms with Gasteiger partial charge in [-0.1, -0.05) is 0 Å². The zero-order chi connectivity index (χ0) is 5.11. The van der Waals surface area contributed by atoms with Gasteiger partial charge in [0.15, 0.2) is 6.10 Å². The molecule has 0 aromatic carbocycles. The summed E-state index contributed by atoms with van der Waals surface area (Å²) in [6.45, 7) is 0.345. The summed E-state index contributed by atoms with van der Waals surface area (Å²) in [4.78, 5) is 3.67. The molecule has 0 amide bonds. The first-order valence-electron chi connectivity index (χ1n) is 1.94. The maximum Gasteiger partial charge on any atom is 0.181 e. The van der Waals surface area contributed by atoms with E-state index < -0.39 is 0 Å². The Morgan fingerprint density at radius 1 is 2.00 bits per heavy atom. The van der Waals surface area contributed by atoms with Gasteiger partial charge in [-0.15, -0.1) is 0 Å². The van der Waals surface area contributed by atoms with E-state index in [4.69, 9.17) is 10.00 Å². The van der Waals surface area contributed by atoms with Gasteiger partial charge in [-0.05, 0) is 0 Å². The van der Waals surface area contributed by atoms with Crippen LogP contribution in [0.25, 0.3) is 0 Å². The molecule has 7 heavy (non-hydrogen) atoms. The molecular formula is C4H4N2O.